The number of rotatable bonds is 4. The van der Waals surface area contributed by atoms with Crippen molar-refractivity contribution in [1.29, 1.82) is 0 Å². The van der Waals surface area contributed by atoms with E-state index < -0.39 is 22.9 Å². The molecule has 154 valence electrons. The fourth-order valence-electron chi connectivity index (χ4n) is 5.74. The highest BCUT2D eigenvalue weighted by Crippen LogP contribution is 2.55. The van der Waals surface area contributed by atoms with Gasteiger partial charge in [0.15, 0.2) is 0 Å². The number of anilines is 1. The second kappa shape index (κ2) is 6.37. The fourth-order valence-corrected chi connectivity index (χ4v) is 5.74. The molecule has 4 aliphatic carbocycles. The van der Waals surface area contributed by atoms with Crippen molar-refractivity contribution in [2.24, 2.45) is 17.8 Å². The van der Waals surface area contributed by atoms with Crippen LogP contribution in [0.1, 0.15) is 51.5 Å². The van der Waals surface area contributed by atoms with Crippen LogP contribution < -0.4 is 10.6 Å². The second-order valence-corrected chi connectivity index (χ2v) is 9.52. The SMILES string of the molecule is CC(C)(Nc1cccc(C(F)(F)F)c1)C(=O)N[C@H]1[C@@H]2CC3C[C@H]1C[C@](O)(C3)C2. The first-order valence-electron chi connectivity index (χ1n) is 9.94. The van der Waals surface area contributed by atoms with Crippen LogP contribution in [0, 0.1) is 17.8 Å². The fraction of sp³-hybridized carbons (Fsp3) is 0.667. The zero-order valence-corrected chi connectivity index (χ0v) is 16.1. The highest BCUT2D eigenvalue weighted by molar-refractivity contribution is 5.88. The summed E-state index contributed by atoms with van der Waals surface area (Å²) in [5.74, 6) is 0.885. The minimum absolute atomic E-state index is 0.0342. The van der Waals surface area contributed by atoms with Crippen LogP contribution >= 0.6 is 0 Å². The van der Waals surface area contributed by atoms with Gasteiger partial charge in [0, 0.05) is 11.7 Å². The van der Waals surface area contributed by atoms with Crippen LogP contribution in [-0.2, 0) is 11.0 Å². The number of aliphatic hydroxyl groups is 1. The molecule has 4 aliphatic rings. The molecule has 1 aromatic rings. The summed E-state index contributed by atoms with van der Waals surface area (Å²) in [6, 6.07) is 4.93. The third-order valence-electron chi connectivity index (χ3n) is 6.75. The molecular formula is C21H27F3N2O2. The quantitative estimate of drug-likeness (QED) is 0.722. The summed E-state index contributed by atoms with van der Waals surface area (Å²) < 4.78 is 38.8. The Labute approximate surface area is 162 Å². The molecule has 4 nitrogen and oxygen atoms in total. The number of hydrogen-bond donors (Lipinski definition) is 3. The molecule has 1 unspecified atom stereocenters. The number of carbonyl (C=O) groups is 1. The molecule has 3 N–H and O–H groups in total. The monoisotopic (exact) mass is 396 g/mol. The highest BCUT2D eigenvalue weighted by Gasteiger charge is 2.55. The van der Waals surface area contributed by atoms with Gasteiger partial charge in [-0.05, 0) is 81.9 Å². The molecule has 0 radical (unpaired) electrons. The van der Waals surface area contributed by atoms with Crippen LogP contribution in [0.3, 0.4) is 0 Å². The smallest absolute Gasteiger partial charge is 0.390 e. The van der Waals surface area contributed by atoms with Gasteiger partial charge in [0.25, 0.3) is 0 Å². The Balaban J connectivity index is 1.45. The van der Waals surface area contributed by atoms with Crippen LogP contribution in [0.5, 0.6) is 0 Å². The van der Waals surface area contributed by atoms with Gasteiger partial charge in [-0.25, -0.2) is 0 Å². The number of alkyl halides is 3. The highest BCUT2D eigenvalue weighted by atomic mass is 19.4. The van der Waals surface area contributed by atoms with Crippen LogP contribution in [0.25, 0.3) is 0 Å². The standard InChI is InChI=1S/C21H27F3N2O2/c1-19(2,26-16-5-3-4-15(8-16)21(22,23)24)18(27)25-17-13-6-12-7-14(17)11-20(28,9-12)10-13/h3-5,8,12-14,17,26,28H,6-7,9-11H2,1-2H3,(H,25,27)/t12?,13-,14+,17+,20+. The van der Waals surface area contributed by atoms with E-state index in [1.807, 2.05) is 0 Å². The van der Waals surface area contributed by atoms with Crippen LogP contribution in [0.15, 0.2) is 24.3 Å². The lowest BCUT2D eigenvalue weighted by Crippen LogP contribution is -2.63. The Morgan fingerprint density at radius 2 is 1.79 bits per heavy atom. The molecular weight excluding hydrogens is 369 g/mol. The Morgan fingerprint density at radius 1 is 1.14 bits per heavy atom. The maximum atomic E-state index is 13.0. The molecule has 4 fully saturated rings. The van der Waals surface area contributed by atoms with Gasteiger partial charge >= 0.3 is 6.18 Å². The molecule has 0 spiro atoms. The van der Waals surface area contributed by atoms with Gasteiger partial charge in [-0.3, -0.25) is 4.79 Å². The van der Waals surface area contributed by atoms with E-state index in [1.54, 1.807) is 13.8 Å². The molecule has 0 saturated heterocycles. The molecule has 4 saturated carbocycles. The third kappa shape index (κ3) is 3.61. The molecule has 4 bridgehead atoms. The molecule has 0 heterocycles. The zero-order valence-electron chi connectivity index (χ0n) is 16.1. The largest absolute Gasteiger partial charge is 0.416 e. The van der Waals surface area contributed by atoms with Crippen molar-refractivity contribution in [2.75, 3.05) is 5.32 Å². The predicted molar refractivity (Wildman–Crippen MR) is 99.6 cm³/mol. The Morgan fingerprint density at radius 3 is 2.36 bits per heavy atom. The van der Waals surface area contributed by atoms with Crippen molar-refractivity contribution in [2.45, 2.75) is 69.3 Å². The van der Waals surface area contributed by atoms with Gasteiger partial charge in [-0.2, -0.15) is 13.2 Å². The van der Waals surface area contributed by atoms with E-state index in [2.05, 4.69) is 10.6 Å². The van der Waals surface area contributed by atoms with Crippen LogP contribution in [0.4, 0.5) is 18.9 Å². The first-order valence-corrected chi connectivity index (χ1v) is 9.94. The Hall–Kier alpha value is -1.76. The van der Waals surface area contributed by atoms with E-state index in [4.69, 9.17) is 0 Å². The molecule has 5 atom stereocenters. The number of benzene rings is 1. The number of nitrogens with one attached hydrogen (secondary N) is 2. The molecule has 0 aliphatic heterocycles. The zero-order chi connectivity index (χ0) is 20.3. The molecule has 1 amide bonds. The van der Waals surface area contributed by atoms with Crippen molar-refractivity contribution < 1.29 is 23.1 Å². The van der Waals surface area contributed by atoms with Crippen molar-refractivity contribution in [1.82, 2.24) is 5.32 Å². The summed E-state index contributed by atoms with van der Waals surface area (Å²) in [6.07, 6.45) is -0.0245. The summed E-state index contributed by atoms with van der Waals surface area (Å²) in [4.78, 5) is 13.0. The van der Waals surface area contributed by atoms with Gasteiger partial charge in [0.05, 0.1) is 11.2 Å². The van der Waals surface area contributed by atoms with Crippen molar-refractivity contribution in [3.05, 3.63) is 29.8 Å². The van der Waals surface area contributed by atoms with Crippen molar-refractivity contribution in [3.8, 4) is 0 Å². The molecule has 5 rings (SSSR count). The van der Waals surface area contributed by atoms with Gasteiger partial charge < -0.3 is 15.7 Å². The number of amides is 1. The molecule has 28 heavy (non-hydrogen) atoms. The second-order valence-electron chi connectivity index (χ2n) is 9.52. The first kappa shape index (κ1) is 19.6. The Kier molecular flexibility index (Phi) is 4.45. The third-order valence-corrected chi connectivity index (χ3v) is 6.75. The molecule has 1 aromatic carbocycles. The summed E-state index contributed by atoms with van der Waals surface area (Å²) in [7, 11) is 0. The molecule has 7 heteroatoms. The first-order chi connectivity index (χ1) is 13.0. The van der Waals surface area contributed by atoms with E-state index >= 15 is 0 Å². The average molecular weight is 396 g/mol. The average Bonchev–Trinajstić information content (AvgIpc) is 2.55. The molecule has 0 aromatic heterocycles. The lowest BCUT2D eigenvalue weighted by atomic mass is 9.52. The van der Waals surface area contributed by atoms with E-state index in [1.165, 1.54) is 12.1 Å². The summed E-state index contributed by atoms with van der Waals surface area (Å²) in [5, 5.41) is 16.8. The summed E-state index contributed by atoms with van der Waals surface area (Å²) >= 11 is 0. The number of halogens is 3. The van der Waals surface area contributed by atoms with E-state index in [9.17, 15) is 23.1 Å². The number of carbonyl (C=O) groups excluding carboxylic acids is 1. The lowest BCUT2D eigenvalue weighted by Gasteiger charge is -2.58. The van der Waals surface area contributed by atoms with E-state index in [-0.39, 0.29) is 29.5 Å². The van der Waals surface area contributed by atoms with Gasteiger partial charge in [0.2, 0.25) is 5.91 Å². The topological polar surface area (TPSA) is 61.4 Å². The normalized spacial score (nSPS) is 34.4. The van der Waals surface area contributed by atoms with Gasteiger partial charge in [0.1, 0.15) is 5.54 Å². The minimum Gasteiger partial charge on any atom is -0.390 e. The van der Waals surface area contributed by atoms with Crippen molar-refractivity contribution >= 4 is 11.6 Å². The lowest BCUT2D eigenvalue weighted by molar-refractivity contribution is -0.148. The summed E-state index contributed by atoms with van der Waals surface area (Å²) in [5.41, 5.74) is -2.11. The minimum atomic E-state index is -4.43. The van der Waals surface area contributed by atoms with Crippen LogP contribution in [-0.4, -0.2) is 28.2 Å². The van der Waals surface area contributed by atoms with E-state index in [0.717, 1.165) is 44.2 Å². The van der Waals surface area contributed by atoms with E-state index in [0.29, 0.717) is 5.92 Å². The van der Waals surface area contributed by atoms with Gasteiger partial charge in [-0.15, -0.1) is 0 Å². The predicted octanol–water partition coefficient (Wildman–Crippen LogP) is 3.95. The van der Waals surface area contributed by atoms with Crippen LogP contribution in [0.2, 0.25) is 0 Å². The maximum absolute atomic E-state index is 13.0. The Bertz CT molecular complexity index is 761. The van der Waals surface area contributed by atoms with Gasteiger partial charge in [-0.1, -0.05) is 6.07 Å². The van der Waals surface area contributed by atoms with Crippen molar-refractivity contribution in [3.63, 3.8) is 0 Å². The maximum Gasteiger partial charge on any atom is 0.416 e. The number of hydrogen-bond acceptors (Lipinski definition) is 3. The summed E-state index contributed by atoms with van der Waals surface area (Å²) in [6.45, 7) is 3.35.